The van der Waals surface area contributed by atoms with Crippen molar-refractivity contribution in [3.8, 4) is 0 Å². The first kappa shape index (κ1) is 43.1. The van der Waals surface area contributed by atoms with E-state index in [9.17, 15) is 0 Å². The molecule has 19 heteroatoms. The van der Waals surface area contributed by atoms with Gasteiger partial charge in [0, 0.05) is 0 Å². The molecule has 14 N–H and O–H groups in total. The summed E-state index contributed by atoms with van der Waals surface area (Å²) in [4.78, 5) is 0. The Balaban J connectivity index is -0.0000000192. The van der Waals surface area contributed by atoms with Crippen molar-refractivity contribution in [2.45, 2.75) is 0 Å². The van der Waals surface area contributed by atoms with Gasteiger partial charge in [-0.15, -0.1) is 0 Å². The molecular formula is H16B4K2O13. The average Bonchev–Trinajstić information content (AvgIpc) is 1.76. The molecule has 0 saturated heterocycles. The number of hydrogen-bond donors (Lipinski definition) is 12. The van der Waals surface area contributed by atoms with Gasteiger partial charge in [-0.3, -0.25) is 0 Å². The zero-order chi connectivity index (χ0) is 14.3. The van der Waals surface area contributed by atoms with E-state index in [0.29, 0.717) is 0 Å². The first-order valence-corrected chi connectivity index (χ1v) is 3.10. The Morgan fingerprint density at radius 1 is 0.316 bits per heavy atom. The van der Waals surface area contributed by atoms with Crippen LogP contribution < -0.4 is 0 Å². The molecule has 0 rings (SSSR count). The van der Waals surface area contributed by atoms with Gasteiger partial charge in [0.1, 0.15) is 0 Å². The second kappa shape index (κ2) is 37.3. The number of rotatable bonds is 0. The third-order valence-electron chi connectivity index (χ3n) is 0. The normalized spacial score (nSPS) is 5.68. The standard InChI is InChI=1S/4BH3O3.2K.H2O.2H/c4*2-1(3)4;;;;;/h4*2-4H;;;1H2;;. The van der Waals surface area contributed by atoms with Crippen molar-refractivity contribution < 1.29 is 65.8 Å². The van der Waals surface area contributed by atoms with Crippen LogP contribution in [-0.4, -0.2) is 198 Å². The minimum absolute atomic E-state index is 0. The van der Waals surface area contributed by atoms with Crippen LogP contribution in [0.5, 0.6) is 0 Å². The van der Waals surface area contributed by atoms with Crippen molar-refractivity contribution in [1.29, 1.82) is 0 Å². The van der Waals surface area contributed by atoms with Gasteiger partial charge in [0.15, 0.2) is 0 Å². The summed E-state index contributed by atoms with van der Waals surface area (Å²) in [6.45, 7) is 0. The first-order valence-electron chi connectivity index (χ1n) is 3.10. The van der Waals surface area contributed by atoms with E-state index >= 15 is 0 Å². The van der Waals surface area contributed by atoms with Gasteiger partial charge in [-0.25, -0.2) is 0 Å². The molecule has 0 aromatic rings. The molecule has 19 heavy (non-hydrogen) atoms. The van der Waals surface area contributed by atoms with Gasteiger partial charge in [0.2, 0.25) is 0 Å². The Labute approximate surface area is 194 Å². The van der Waals surface area contributed by atoms with Crippen LogP contribution in [0.15, 0.2) is 0 Å². The van der Waals surface area contributed by atoms with Crippen molar-refractivity contribution in [3.63, 3.8) is 0 Å². The fourth-order valence-corrected chi connectivity index (χ4v) is 0. The van der Waals surface area contributed by atoms with E-state index in [4.69, 9.17) is 60.3 Å². The molecule has 108 valence electrons. The van der Waals surface area contributed by atoms with Gasteiger partial charge in [-0.2, -0.15) is 0 Å². The van der Waals surface area contributed by atoms with E-state index in [1.54, 1.807) is 0 Å². The summed E-state index contributed by atoms with van der Waals surface area (Å²) < 4.78 is 0. The molecule has 0 heterocycles. The van der Waals surface area contributed by atoms with Crippen LogP contribution in [-0.2, 0) is 0 Å². The van der Waals surface area contributed by atoms with Crippen molar-refractivity contribution in [3.05, 3.63) is 0 Å². The predicted molar refractivity (Wildman–Crippen MR) is 67.6 cm³/mol. The van der Waals surface area contributed by atoms with Gasteiger partial charge >= 0.3 is 132 Å². The molecule has 0 aliphatic rings. The summed E-state index contributed by atoms with van der Waals surface area (Å²) in [5.41, 5.74) is 0. The van der Waals surface area contributed by atoms with E-state index in [-0.39, 0.29) is 108 Å². The minimum atomic E-state index is -2.17. The number of hydrogen-bond acceptors (Lipinski definition) is 12. The topological polar surface area (TPSA) is 274 Å². The summed E-state index contributed by atoms with van der Waals surface area (Å²) in [5.74, 6) is 0. The SMILES string of the molecule is O.OB(O)O.OB(O)O.OB(O)O.OB(O)O.[KH].[KH]. The van der Waals surface area contributed by atoms with E-state index in [1.165, 1.54) is 0 Å². The zero-order valence-corrected chi connectivity index (χ0v) is 8.18. The Kier molecular flexibility index (Phi) is 84.7. The average molecular weight is 346 g/mol. The summed E-state index contributed by atoms with van der Waals surface area (Å²) in [6.07, 6.45) is 0. The summed E-state index contributed by atoms with van der Waals surface area (Å²) in [5, 5.41) is 86.0. The molecule has 0 amide bonds. The molecule has 0 spiro atoms. The summed E-state index contributed by atoms with van der Waals surface area (Å²) in [6, 6.07) is 0. The summed E-state index contributed by atoms with van der Waals surface area (Å²) >= 11 is 0. The molecule has 0 aliphatic carbocycles. The van der Waals surface area contributed by atoms with Crippen LogP contribution in [0.3, 0.4) is 0 Å². The Bertz CT molecular complexity index is 65.6. The van der Waals surface area contributed by atoms with Crippen molar-refractivity contribution in [2.24, 2.45) is 0 Å². The fourth-order valence-electron chi connectivity index (χ4n) is 0. The maximum atomic E-state index is 7.17. The molecule has 0 aromatic heterocycles. The zero-order valence-electron chi connectivity index (χ0n) is 8.18. The van der Waals surface area contributed by atoms with Crippen LogP contribution in [0.25, 0.3) is 0 Å². The third kappa shape index (κ3) is 837. The van der Waals surface area contributed by atoms with Gasteiger partial charge in [-0.05, 0) is 0 Å². The van der Waals surface area contributed by atoms with Crippen molar-refractivity contribution in [1.82, 2.24) is 0 Å². The van der Waals surface area contributed by atoms with E-state index in [2.05, 4.69) is 0 Å². The van der Waals surface area contributed by atoms with Crippen molar-refractivity contribution in [2.75, 3.05) is 0 Å². The maximum absolute atomic E-state index is 7.17. The van der Waals surface area contributed by atoms with Crippen LogP contribution >= 0.6 is 0 Å². The van der Waals surface area contributed by atoms with Crippen LogP contribution in [0.2, 0.25) is 0 Å². The van der Waals surface area contributed by atoms with Crippen LogP contribution in [0.1, 0.15) is 0 Å². The molecule has 0 saturated carbocycles. The third-order valence-corrected chi connectivity index (χ3v) is 0. The molecule has 0 fully saturated rings. The fraction of sp³-hybridized carbons (Fsp3) is 0. The molecule has 0 aliphatic heterocycles. The second-order valence-electron chi connectivity index (χ2n) is 1.39. The summed E-state index contributed by atoms with van der Waals surface area (Å²) in [7, 11) is -8.67. The van der Waals surface area contributed by atoms with Crippen LogP contribution in [0.4, 0.5) is 0 Å². The van der Waals surface area contributed by atoms with Gasteiger partial charge in [0.05, 0.1) is 0 Å². The van der Waals surface area contributed by atoms with Crippen molar-refractivity contribution >= 4 is 132 Å². The molecule has 13 nitrogen and oxygen atoms in total. The first-order chi connectivity index (χ1) is 6.93. The quantitative estimate of drug-likeness (QED) is 0.182. The predicted octanol–water partition coefficient (Wildman–Crippen LogP) is -10.3. The molecule has 0 unspecified atom stereocenters. The van der Waals surface area contributed by atoms with Crippen LogP contribution in [0, 0.1) is 0 Å². The van der Waals surface area contributed by atoms with E-state index in [1.807, 2.05) is 0 Å². The van der Waals surface area contributed by atoms with Gasteiger partial charge < -0.3 is 65.8 Å². The molecular weight excluding hydrogens is 329 g/mol. The van der Waals surface area contributed by atoms with E-state index < -0.39 is 29.3 Å². The Morgan fingerprint density at radius 2 is 0.316 bits per heavy atom. The Morgan fingerprint density at radius 3 is 0.316 bits per heavy atom. The molecule has 0 aromatic carbocycles. The molecule has 0 radical (unpaired) electrons. The second-order valence-corrected chi connectivity index (χ2v) is 1.39. The van der Waals surface area contributed by atoms with Gasteiger partial charge in [0.25, 0.3) is 0 Å². The molecule has 0 bridgehead atoms. The Hall–Kier alpha value is 3.01. The van der Waals surface area contributed by atoms with E-state index in [0.717, 1.165) is 0 Å². The van der Waals surface area contributed by atoms with Gasteiger partial charge in [-0.1, -0.05) is 0 Å². The monoisotopic (exact) mass is 346 g/mol. The molecule has 0 atom stereocenters.